The predicted octanol–water partition coefficient (Wildman–Crippen LogP) is 3.06. The maximum atomic E-state index is 13.8. The number of sulfone groups is 1. The average Bonchev–Trinajstić information content (AvgIpc) is 2.59. The van der Waals surface area contributed by atoms with Crippen molar-refractivity contribution in [2.24, 2.45) is 0 Å². The number of aliphatic hydroxyl groups is 1. The molecule has 0 heterocycles. The van der Waals surface area contributed by atoms with Crippen LogP contribution in [-0.4, -0.2) is 35.7 Å². The molecule has 0 aliphatic rings. The molecule has 1 atom stereocenters. The van der Waals surface area contributed by atoms with E-state index in [1.807, 2.05) is 0 Å². The van der Waals surface area contributed by atoms with Gasteiger partial charge in [0, 0.05) is 18.2 Å². The fourth-order valence-corrected chi connectivity index (χ4v) is 4.15. The van der Waals surface area contributed by atoms with Crippen molar-refractivity contribution in [3.63, 3.8) is 0 Å². The zero-order valence-corrected chi connectivity index (χ0v) is 16.2. The van der Waals surface area contributed by atoms with Crippen LogP contribution in [-0.2, 0) is 20.8 Å². The summed E-state index contributed by atoms with van der Waals surface area (Å²) in [6.07, 6.45) is -5.14. The molecule has 2 aromatic rings. The number of benzene rings is 2. The number of rotatable bonds is 6. The molecular weight excluding hydrogens is 455 g/mol. The summed E-state index contributed by atoms with van der Waals surface area (Å²) in [6.45, 7) is 0.653. The van der Waals surface area contributed by atoms with E-state index in [0.29, 0.717) is 31.2 Å². The molecule has 14 heteroatoms. The van der Waals surface area contributed by atoms with Crippen LogP contribution in [0.4, 0.5) is 33.3 Å². The Labute approximate surface area is 171 Å². The second-order valence-electron chi connectivity index (χ2n) is 6.55. The topological polar surface area (TPSA) is 127 Å². The lowest BCUT2D eigenvalue weighted by Crippen LogP contribution is -2.46. The van der Waals surface area contributed by atoms with Crippen LogP contribution in [0.25, 0.3) is 0 Å². The largest absolute Gasteiger partial charge is 0.418 e. The van der Waals surface area contributed by atoms with E-state index in [-0.39, 0.29) is 12.1 Å². The molecule has 31 heavy (non-hydrogen) atoms. The Kier molecular flexibility index (Phi) is 6.38. The molecule has 1 unspecified atom stereocenters. The molecule has 8 nitrogen and oxygen atoms in total. The third-order valence-electron chi connectivity index (χ3n) is 3.96. The predicted molar refractivity (Wildman–Crippen MR) is 95.8 cm³/mol. The van der Waals surface area contributed by atoms with Crippen molar-refractivity contribution in [2.45, 2.75) is 23.6 Å². The minimum Gasteiger partial charge on any atom is -0.379 e. The Morgan fingerprint density at radius 2 is 1.77 bits per heavy atom. The summed E-state index contributed by atoms with van der Waals surface area (Å²) in [5.74, 6) is -5.65. The molecule has 2 rings (SSSR count). The van der Waals surface area contributed by atoms with Gasteiger partial charge in [-0.3, -0.25) is 14.9 Å². The minimum atomic E-state index is -5.14. The summed E-state index contributed by atoms with van der Waals surface area (Å²) in [5.41, 5.74) is -6.37. The van der Waals surface area contributed by atoms with E-state index >= 15 is 0 Å². The van der Waals surface area contributed by atoms with Crippen LogP contribution in [0.2, 0.25) is 0 Å². The van der Waals surface area contributed by atoms with Crippen LogP contribution in [0.5, 0.6) is 0 Å². The maximum absolute atomic E-state index is 13.8. The maximum Gasteiger partial charge on any atom is 0.418 e. The standard InChI is InChI=1S/C17H13F5N2O6S/c1-16(26,8-31(29,30)14-5-2-9(18)6-12(14)19)15(25)23-13-4-3-10(24(27)28)7-11(13)17(20,21)22/h2-7,26H,8H2,1H3,(H,23,25). The molecule has 168 valence electrons. The summed E-state index contributed by atoms with van der Waals surface area (Å²) in [4.78, 5) is 20.9. The van der Waals surface area contributed by atoms with Gasteiger partial charge in [-0.15, -0.1) is 0 Å². The number of nitro benzene ring substituents is 1. The van der Waals surface area contributed by atoms with Gasteiger partial charge in [-0.2, -0.15) is 13.2 Å². The zero-order chi connectivity index (χ0) is 23.8. The Bertz CT molecular complexity index is 1150. The summed E-state index contributed by atoms with van der Waals surface area (Å²) in [6, 6.07) is 2.81. The summed E-state index contributed by atoms with van der Waals surface area (Å²) < 4.78 is 91.0. The molecule has 0 spiro atoms. The van der Waals surface area contributed by atoms with E-state index in [1.54, 1.807) is 5.32 Å². The molecule has 0 saturated heterocycles. The number of nitrogens with one attached hydrogen (secondary N) is 1. The van der Waals surface area contributed by atoms with E-state index in [4.69, 9.17) is 0 Å². The Morgan fingerprint density at radius 1 is 1.16 bits per heavy atom. The first-order valence-electron chi connectivity index (χ1n) is 8.12. The van der Waals surface area contributed by atoms with E-state index in [9.17, 15) is 50.4 Å². The summed E-state index contributed by atoms with van der Waals surface area (Å²) in [5, 5.41) is 22.6. The molecule has 0 radical (unpaired) electrons. The lowest BCUT2D eigenvalue weighted by Gasteiger charge is -2.23. The van der Waals surface area contributed by atoms with Crippen LogP contribution in [0, 0.1) is 21.7 Å². The smallest absolute Gasteiger partial charge is 0.379 e. The van der Waals surface area contributed by atoms with Crippen molar-refractivity contribution < 1.29 is 45.2 Å². The highest BCUT2D eigenvalue weighted by atomic mass is 32.2. The molecule has 0 aliphatic carbocycles. The number of hydrogen-bond acceptors (Lipinski definition) is 6. The van der Waals surface area contributed by atoms with Gasteiger partial charge in [0.15, 0.2) is 15.4 Å². The highest BCUT2D eigenvalue weighted by Gasteiger charge is 2.40. The second kappa shape index (κ2) is 8.19. The van der Waals surface area contributed by atoms with Gasteiger partial charge in [-0.1, -0.05) is 0 Å². The van der Waals surface area contributed by atoms with Gasteiger partial charge in [0.25, 0.3) is 11.6 Å². The highest BCUT2D eigenvalue weighted by molar-refractivity contribution is 7.91. The Balaban J connectivity index is 2.35. The van der Waals surface area contributed by atoms with E-state index in [1.165, 1.54) is 0 Å². The fraction of sp³-hybridized carbons (Fsp3) is 0.235. The van der Waals surface area contributed by atoms with Crippen molar-refractivity contribution in [1.82, 2.24) is 0 Å². The third-order valence-corrected chi connectivity index (χ3v) is 5.90. The Morgan fingerprint density at radius 3 is 2.29 bits per heavy atom. The minimum absolute atomic E-state index is 0.148. The number of carbonyl (C=O) groups is 1. The van der Waals surface area contributed by atoms with E-state index in [2.05, 4.69) is 0 Å². The van der Waals surface area contributed by atoms with Crippen molar-refractivity contribution in [3.05, 3.63) is 63.7 Å². The number of nitrogens with zero attached hydrogens (tertiary/aromatic N) is 1. The first kappa shape index (κ1) is 24.1. The van der Waals surface area contributed by atoms with Gasteiger partial charge in [0.2, 0.25) is 0 Å². The van der Waals surface area contributed by atoms with Gasteiger partial charge in [-0.25, -0.2) is 17.2 Å². The van der Waals surface area contributed by atoms with E-state index < -0.39 is 71.7 Å². The SMILES string of the molecule is CC(O)(CS(=O)(=O)c1ccc(F)cc1F)C(=O)Nc1ccc([N+](=O)[O-])cc1C(F)(F)F. The van der Waals surface area contributed by atoms with Crippen LogP contribution in [0.15, 0.2) is 41.3 Å². The van der Waals surface area contributed by atoms with Crippen LogP contribution in [0.1, 0.15) is 12.5 Å². The van der Waals surface area contributed by atoms with Crippen molar-refractivity contribution in [2.75, 3.05) is 11.1 Å². The molecule has 1 amide bonds. The number of hydrogen-bond donors (Lipinski definition) is 2. The van der Waals surface area contributed by atoms with Crippen LogP contribution in [0.3, 0.4) is 0 Å². The molecule has 0 aliphatic heterocycles. The molecule has 0 saturated carbocycles. The molecule has 0 bridgehead atoms. The average molecular weight is 468 g/mol. The molecule has 2 N–H and O–H groups in total. The van der Waals surface area contributed by atoms with Gasteiger partial charge in [0.05, 0.1) is 21.9 Å². The molecular formula is C17H13F5N2O6S. The first-order chi connectivity index (χ1) is 14.0. The van der Waals surface area contributed by atoms with Gasteiger partial charge in [-0.05, 0) is 25.1 Å². The fourth-order valence-electron chi connectivity index (χ4n) is 2.49. The number of anilines is 1. The normalized spacial score (nSPS) is 14.0. The quantitative estimate of drug-likeness (QED) is 0.290. The van der Waals surface area contributed by atoms with Gasteiger partial charge < -0.3 is 10.4 Å². The highest BCUT2D eigenvalue weighted by Crippen LogP contribution is 2.37. The number of non-ortho nitro benzene ring substituents is 1. The summed E-state index contributed by atoms with van der Waals surface area (Å²) in [7, 11) is -4.72. The van der Waals surface area contributed by atoms with Crippen molar-refractivity contribution >= 4 is 27.1 Å². The van der Waals surface area contributed by atoms with Crippen LogP contribution < -0.4 is 5.32 Å². The van der Waals surface area contributed by atoms with Crippen molar-refractivity contribution in [3.8, 4) is 0 Å². The Hall–Kier alpha value is -3.13. The number of carbonyl (C=O) groups excluding carboxylic acids is 1. The number of halogens is 5. The lowest BCUT2D eigenvalue weighted by molar-refractivity contribution is -0.385. The molecule has 0 aromatic heterocycles. The van der Waals surface area contributed by atoms with Crippen molar-refractivity contribution in [1.29, 1.82) is 0 Å². The number of alkyl halides is 3. The monoisotopic (exact) mass is 468 g/mol. The third kappa shape index (κ3) is 5.52. The lowest BCUT2D eigenvalue weighted by atomic mass is 10.1. The zero-order valence-electron chi connectivity index (χ0n) is 15.4. The molecule has 0 fully saturated rings. The van der Waals surface area contributed by atoms with Gasteiger partial charge >= 0.3 is 6.18 Å². The molecule has 2 aromatic carbocycles. The van der Waals surface area contributed by atoms with E-state index in [0.717, 1.165) is 0 Å². The number of nitro groups is 1. The van der Waals surface area contributed by atoms with Crippen LogP contribution >= 0.6 is 0 Å². The van der Waals surface area contributed by atoms with Gasteiger partial charge in [0.1, 0.15) is 16.5 Å². The first-order valence-corrected chi connectivity index (χ1v) is 9.77. The summed E-state index contributed by atoms with van der Waals surface area (Å²) >= 11 is 0. The second-order valence-corrected chi connectivity index (χ2v) is 8.50. The number of amides is 1.